The zero-order valence-corrected chi connectivity index (χ0v) is 15.2. The second-order valence-electron chi connectivity index (χ2n) is 6.00. The zero-order valence-electron chi connectivity index (χ0n) is 12.8. The lowest BCUT2D eigenvalue weighted by Gasteiger charge is -2.23. The number of hydrogen-bond acceptors (Lipinski definition) is 5. The first kappa shape index (κ1) is 15.1. The third-order valence-corrected chi connectivity index (χ3v) is 6.15. The van der Waals surface area contributed by atoms with Crippen LogP contribution in [0.2, 0.25) is 0 Å². The molecule has 0 aromatic carbocycles. The fraction of sp³-hybridized carbons (Fsp3) is 0.375. The van der Waals surface area contributed by atoms with Crippen LogP contribution in [0.1, 0.15) is 30.0 Å². The molecule has 1 aliphatic heterocycles. The molecule has 1 atom stereocenters. The number of nitrogens with one attached hydrogen (secondary N) is 1. The molecule has 0 spiro atoms. The van der Waals surface area contributed by atoms with Crippen molar-refractivity contribution in [2.24, 2.45) is 0 Å². The number of rotatable bonds is 2. The lowest BCUT2D eigenvalue weighted by molar-refractivity contribution is 0.453. The summed E-state index contributed by atoms with van der Waals surface area (Å²) in [6, 6.07) is 0. The van der Waals surface area contributed by atoms with Gasteiger partial charge < -0.3 is 11.1 Å². The van der Waals surface area contributed by atoms with Gasteiger partial charge in [-0.05, 0) is 58.6 Å². The summed E-state index contributed by atoms with van der Waals surface area (Å²) in [4.78, 5) is 4.95. The van der Waals surface area contributed by atoms with E-state index in [0.29, 0.717) is 11.7 Å². The van der Waals surface area contributed by atoms with Crippen LogP contribution in [0.5, 0.6) is 0 Å². The number of thiophene rings is 1. The van der Waals surface area contributed by atoms with E-state index in [2.05, 4.69) is 44.0 Å². The highest BCUT2D eigenvalue weighted by Gasteiger charge is 2.24. The van der Waals surface area contributed by atoms with Gasteiger partial charge in [0.05, 0.1) is 16.4 Å². The van der Waals surface area contributed by atoms with Gasteiger partial charge in [0.2, 0.25) is 0 Å². The van der Waals surface area contributed by atoms with Gasteiger partial charge in [-0.2, -0.15) is 21.0 Å². The molecular weight excluding hydrogens is 374 g/mol. The zero-order chi connectivity index (χ0) is 16.0. The Hall–Kier alpha value is -1.44. The first-order chi connectivity index (χ1) is 11.2. The largest absolute Gasteiger partial charge is 0.383 e. The number of fused-ring (bicyclic) bond motifs is 1. The normalized spacial score (nSPS) is 18.6. The fourth-order valence-corrected chi connectivity index (χ4v) is 4.62. The summed E-state index contributed by atoms with van der Waals surface area (Å²) in [5.41, 5.74) is 11.7. The molecule has 1 aliphatic rings. The first-order valence-corrected chi connectivity index (χ1v) is 9.47. The summed E-state index contributed by atoms with van der Waals surface area (Å²) in [5, 5.41) is 12.2. The van der Waals surface area contributed by atoms with E-state index in [4.69, 9.17) is 10.7 Å². The minimum atomic E-state index is 0.386. The monoisotopic (exact) mass is 391 g/mol. The number of nitrogens with two attached hydrogens (primary N) is 1. The third kappa shape index (κ3) is 2.47. The molecule has 4 heterocycles. The second kappa shape index (κ2) is 5.89. The summed E-state index contributed by atoms with van der Waals surface area (Å²) in [5.74, 6) is 1.01. The van der Waals surface area contributed by atoms with E-state index >= 15 is 0 Å². The smallest absolute Gasteiger partial charge is 0.165 e. The van der Waals surface area contributed by atoms with Gasteiger partial charge in [0.15, 0.2) is 5.65 Å². The Morgan fingerprint density at radius 3 is 2.96 bits per heavy atom. The Morgan fingerprint density at radius 1 is 1.39 bits per heavy atom. The highest BCUT2D eigenvalue weighted by atomic mass is 79.9. The highest BCUT2D eigenvalue weighted by molar-refractivity contribution is 9.10. The summed E-state index contributed by atoms with van der Waals surface area (Å²) >= 11 is 5.33. The molecule has 3 aromatic heterocycles. The molecule has 0 radical (unpaired) electrons. The van der Waals surface area contributed by atoms with Crippen LogP contribution in [0.4, 0.5) is 5.82 Å². The van der Waals surface area contributed by atoms with Crippen LogP contribution in [0, 0.1) is 6.92 Å². The van der Waals surface area contributed by atoms with Crippen molar-refractivity contribution in [1.29, 1.82) is 0 Å². The molecule has 7 heteroatoms. The molecule has 23 heavy (non-hydrogen) atoms. The van der Waals surface area contributed by atoms with Gasteiger partial charge in [0.25, 0.3) is 0 Å². The van der Waals surface area contributed by atoms with Crippen molar-refractivity contribution in [2.45, 2.75) is 25.7 Å². The lowest BCUT2D eigenvalue weighted by Crippen LogP contribution is -2.29. The van der Waals surface area contributed by atoms with E-state index in [1.807, 2.05) is 6.20 Å². The molecule has 4 rings (SSSR count). The predicted octanol–water partition coefficient (Wildman–Crippen LogP) is 3.58. The molecule has 5 nitrogen and oxygen atoms in total. The van der Waals surface area contributed by atoms with Gasteiger partial charge in [0.1, 0.15) is 5.82 Å². The van der Waals surface area contributed by atoms with Crippen LogP contribution in [-0.4, -0.2) is 27.7 Å². The molecule has 1 saturated heterocycles. The molecule has 1 fully saturated rings. The number of nitrogen functional groups attached to an aromatic ring is 1. The van der Waals surface area contributed by atoms with Crippen molar-refractivity contribution in [1.82, 2.24) is 19.9 Å². The van der Waals surface area contributed by atoms with Crippen molar-refractivity contribution in [2.75, 3.05) is 18.8 Å². The first-order valence-electron chi connectivity index (χ1n) is 7.73. The van der Waals surface area contributed by atoms with E-state index in [-0.39, 0.29) is 0 Å². The summed E-state index contributed by atoms with van der Waals surface area (Å²) < 4.78 is 2.60. The van der Waals surface area contributed by atoms with E-state index in [9.17, 15) is 0 Å². The Kier molecular flexibility index (Phi) is 3.87. The lowest BCUT2D eigenvalue weighted by atomic mass is 9.96. The average molecular weight is 392 g/mol. The molecular formula is C16H18BrN5S. The minimum absolute atomic E-state index is 0.386. The average Bonchev–Trinajstić information content (AvgIpc) is 3.17. The maximum Gasteiger partial charge on any atom is 0.165 e. The number of anilines is 1. The number of nitrogens with zero attached hydrogens (tertiary/aromatic N) is 3. The molecule has 0 saturated carbocycles. The molecule has 3 aromatic rings. The number of aryl methyl sites for hydroxylation is 1. The van der Waals surface area contributed by atoms with Crippen LogP contribution in [0.15, 0.2) is 21.4 Å². The molecule has 0 amide bonds. The number of halogens is 1. The van der Waals surface area contributed by atoms with Gasteiger partial charge in [-0.3, -0.25) is 0 Å². The number of piperidine rings is 1. The maximum atomic E-state index is 6.33. The van der Waals surface area contributed by atoms with Crippen molar-refractivity contribution >= 4 is 38.7 Å². The topological polar surface area (TPSA) is 68.2 Å². The second-order valence-corrected chi connectivity index (χ2v) is 7.54. The van der Waals surface area contributed by atoms with Crippen LogP contribution < -0.4 is 11.1 Å². The Bertz CT molecular complexity index is 863. The van der Waals surface area contributed by atoms with Crippen molar-refractivity contribution in [3.63, 3.8) is 0 Å². The van der Waals surface area contributed by atoms with E-state index in [1.165, 1.54) is 17.5 Å². The highest BCUT2D eigenvalue weighted by Crippen LogP contribution is 2.36. The Morgan fingerprint density at radius 2 is 2.26 bits per heavy atom. The van der Waals surface area contributed by atoms with Gasteiger partial charge in [-0.15, -0.1) is 0 Å². The van der Waals surface area contributed by atoms with Gasteiger partial charge in [-0.25, -0.2) is 4.98 Å². The molecule has 120 valence electrons. The van der Waals surface area contributed by atoms with E-state index in [1.54, 1.807) is 15.9 Å². The minimum Gasteiger partial charge on any atom is -0.383 e. The SMILES string of the molecule is Cc1cscc1-c1cnn2c(N)c(Br)c(C3CCCNC3)nc12. The fourth-order valence-electron chi connectivity index (χ4n) is 3.20. The number of hydrogen-bond donors (Lipinski definition) is 2. The van der Waals surface area contributed by atoms with Crippen LogP contribution in [-0.2, 0) is 0 Å². The standard InChI is InChI=1S/C16H18BrN5S/c1-9-7-23-8-12(9)11-6-20-22-15(18)13(17)14(21-16(11)22)10-3-2-4-19-5-10/h6-8,10,19H,2-5,18H2,1H3. The summed E-state index contributed by atoms with van der Waals surface area (Å²) in [6.45, 7) is 4.14. The molecule has 0 aliphatic carbocycles. The third-order valence-electron chi connectivity index (χ3n) is 4.48. The Balaban J connectivity index is 1.91. The van der Waals surface area contributed by atoms with Crippen molar-refractivity contribution < 1.29 is 0 Å². The van der Waals surface area contributed by atoms with Gasteiger partial charge >= 0.3 is 0 Å². The van der Waals surface area contributed by atoms with Crippen LogP contribution in [0.25, 0.3) is 16.8 Å². The Labute approximate surface area is 147 Å². The van der Waals surface area contributed by atoms with Crippen LogP contribution in [0.3, 0.4) is 0 Å². The van der Waals surface area contributed by atoms with Gasteiger partial charge in [-0.1, -0.05) is 0 Å². The van der Waals surface area contributed by atoms with Gasteiger partial charge in [0, 0.05) is 23.6 Å². The molecule has 1 unspecified atom stereocenters. The molecule has 0 bridgehead atoms. The summed E-state index contributed by atoms with van der Waals surface area (Å²) in [6.07, 6.45) is 4.16. The van der Waals surface area contributed by atoms with Crippen molar-refractivity contribution in [3.8, 4) is 11.1 Å². The quantitative estimate of drug-likeness (QED) is 0.700. The van der Waals surface area contributed by atoms with E-state index < -0.39 is 0 Å². The summed E-state index contributed by atoms with van der Waals surface area (Å²) in [7, 11) is 0. The van der Waals surface area contributed by atoms with E-state index in [0.717, 1.165) is 40.9 Å². The predicted molar refractivity (Wildman–Crippen MR) is 98.0 cm³/mol. The number of aromatic nitrogens is 3. The van der Waals surface area contributed by atoms with Crippen LogP contribution >= 0.6 is 27.3 Å². The molecule has 3 N–H and O–H groups in total. The maximum absolute atomic E-state index is 6.33. The van der Waals surface area contributed by atoms with Crippen molar-refractivity contribution in [3.05, 3.63) is 32.7 Å².